The average molecular weight is 361 g/mol. The molecule has 0 N–H and O–H groups in total. The molecule has 0 bridgehead atoms. The lowest BCUT2D eigenvalue weighted by Gasteiger charge is -2.27. The predicted octanol–water partition coefficient (Wildman–Crippen LogP) is 6.12. The third-order valence-electron chi connectivity index (χ3n) is 3.46. The Hall–Kier alpha value is -0.136. The van der Waals surface area contributed by atoms with Gasteiger partial charge in [-0.05, 0) is 45.7 Å². The number of carbonyl (C=O) groups excluding carboxylic acids is 1. The fourth-order valence-corrected chi connectivity index (χ4v) is 4.57. The number of carbonyl (C=O) groups is 1. The highest BCUT2D eigenvalue weighted by molar-refractivity contribution is 6.71. The summed E-state index contributed by atoms with van der Waals surface area (Å²) in [7, 11) is -3.42. The van der Waals surface area contributed by atoms with Crippen molar-refractivity contribution in [2.45, 2.75) is 110 Å². The molecular weight excluding hydrogens is 320 g/mol. The Morgan fingerprint density at radius 2 is 1.35 bits per heavy atom. The highest BCUT2D eigenvalue weighted by atomic mass is 28.4. The van der Waals surface area contributed by atoms with E-state index in [2.05, 4.69) is 46.2 Å². The average Bonchev–Trinajstić information content (AvgIpc) is 2.33. The third-order valence-corrected chi connectivity index (χ3v) is 5.34. The minimum atomic E-state index is -1.80. The van der Waals surface area contributed by atoms with Gasteiger partial charge in [0.2, 0.25) is 8.32 Å². The first-order valence-electron chi connectivity index (χ1n) is 9.43. The van der Waals surface area contributed by atoms with Gasteiger partial charge in [0.05, 0.1) is 12.5 Å². The van der Waals surface area contributed by atoms with Gasteiger partial charge in [0.25, 0.3) is 5.97 Å². The van der Waals surface area contributed by atoms with E-state index in [0.717, 1.165) is 12.8 Å². The summed E-state index contributed by atoms with van der Waals surface area (Å²) in [5, 5.41) is 0. The molecule has 23 heavy (non-hydrogen) atoms. The highest BCUT2D eigenvalue weighted by Gasteiger charge is 2.26. The fourth-order valence-electron chi connectivity index (χ4n) is 2.60. The Bertz CT molecular complexity index is 319. The van der Waals surface area contributed by atoms with E-state index in [1.165, 1.54) is 38.5 Å². The van der Waals surface area contributed by atoms with Crippen molar-refractivity contribution in [2.24, 2.45) is 0 Å². The van der Waals surface area contributed by atoms with Crippen LogP contribution in [-0.4, -0.2) is 28.7 Å². The van der Waals surface area contributed by atoms with Crippen molar-refractivity contribution in [3.8, 4) is 0 Å². The van der Waals surface area contributed by atoms with Gasteiger partial charge in [0.1, 0.15) is 0 Å². The van der Waals surface area contributed by atoms with Gasteiger partial charge in [0.15, 0.2) is 8.32 Å². The van der Waals surface area contributed by atoms with Gasteiger partial charge in [-0.25, -0.2) is 0 Å². The van der Waals surface area contributed by atoms with E-state index >= 15 is 0 Å². The summed E-state index contributed by atoms with van der Waals surface area (Å²) in [6.07, 6.45) is 10.5. The Kier molecular flexibility index (Phi) is 11.4. The molecule has 1 unspecified atom stereocenters. The largest absolute Gasteiger partial charge is 0.520 e. The van der Waals surface area contributed by atoms with Crippen molar-refractivity contribution < 1.29 is 13.6 Å². The molecule has 0 aromatic heterocycles. The lowest BCUT2D eigenvalue weighted by molar-refractivity contribution is -0.137. The van der Waals surface area contributed by atoms with Crippen molar-refractivity contribution in [2.75, 3.05) is 0 Å². The molecule has 0 saturated carbocycles. The summed E-state index contributed by atoms with van der Waals surface area (Å²) in [5.41, 5.74) is 0. The molecule has 0 aliphatic heterocycles. The third kappa shape index (κ3) is 16.5. The van der Waals surface area contributed by atoms with Gasteiger partial charge in [0, 0.05) is 0 Å². The quantitative estimate of drug-likeness (QED) is 0.293. The van der Waals surface area contributed by atoms with Crippen LogP contribution in [0.25, 0.3) is 0 Å². The molecule has 0 aliphatic carbocycles. The van der Waals surface area contributed by atoms with Gasteiger partial charge in [-0.2, -0.15) is 0 Å². The summed E-state index contributed by atoms with van der Waals surface area (Å²) in [6, 6.07) is 0. The van der Waals surface area contributed by atoms with Crippen molar-refractivity contribution in [3.05, 3.63) is 0 Å². The maximum Gasteiger partial charge on any atom is 0.295 e. The molecule has 0 aliphatic rings. The first kappa shape index (κ1) is 22.9. The molecule has 5 heteroatoms. The van der Waals surface area contributed by atoms with Crippen molar-refractivity contribution in [3.63, 3.8) is 0 Å². The molecule has 0 amide bonds. The number of unbranched alkanes of at least 4 members (excludes halogenated alkanes) is 6. The first-order chi connectivity index (χ1) is 10.5. The molecule has 0 spiro atoms. The minimum absolute atomic E-state index is 0.0427. The van der Waals surface area contributed by atoms with Crippen LogP contribution < -0.4 is 0 Å². The van der Waals surface area contributed by atoms with Gasteiger partial charge < -0.3 is 8.85 Å². The van der Waals surface area contributed by atoms with Gasteiger partial charge in [-0.1, -0.05) is 51.9 Å². The molecule has 138 valence electrons. The van der Waals surface area contributed by atoms with Crippen molar-refractivity contribution in [1.82, 2.24) is 0 Å². The standard InChI is InChI=1S/C18H40O3Si2/c1-8-9-10-11-12-13-14-15-17(20-22(2,3)4)16-18(19)21-23(5,6)7/h17H,8-16H2,1-7H3. The van der Waals surface area contributed by atoms with Crippen LogP contribution in [0.15, 0.2) is 0 Å². The van der Waals surface area contributed by atoms with E-state index in [0.29, 0.717) is 6.42 Å². The summed E-state index contributed by atoms with van der Waals surface area (Å²) >= 11 is 0. The molecule has 0 fully saturated rings. The van der Waals surface area contributed by atoms with E-state index in [1.54, 1.807) is 0 Å². The van der Waals surface area contributed by atoms with Crippen LogP contribution in [0.3, 0.4) is 0 Å². The molecule has 0 aromatic rings. The topological polar surface area (TPSA) is 35.5 Å². The summed E-state index contributed by atoms with van der Waals surface area (Å²) in [5.74, 6) is -0.0737. The van der Waals surface area contributed by atoms with E-state index in [-0.39, 0.29) is 12.1 Å². The van der Waals surface area contributed by atoms with E-state index in [9.17, 15) is 4.79 Å². The molecule has 0 aromatic carbocycles. The first-order valence-corrected chi connectivity index (χ1v) is 16.2. The highest BCUT2D eigenvalue weighted by Crippen LogP contribution is 2.19. The van der Waals surface area contributed by atoms with Crippen LogP contribution in [-0.2, 0) is 13.6 Å². The van der Waals surface area contributed by atoms with Crippen LogP contribution in [0.4, 0.5) is 0 Å². The molecule has 0 radical (unpaired) electrons. The lowest BCUT2D eigenvalue weighted by atomic mass is 10.1. The molecular formula is C18H40O3Si2. The number of hydrogen-bond acceptors (Lipinski definition) is 3. The normalized spacial score (nSPS) is 13.9. The van der Waals surface area contributed by atoms with Crippen molar-refractivity contribution >= 4 is 22.6 Å². The number of rotatable bonds is 13. The fraction of sp³-hybridized carbons (Fsp3) is 0.944. The summed E-state index contributed by atoms with van der Waals surface area (Å²) < 4.78 is 11.8. The zero-order valence-corrected chi connectivity index (χ0v) is 18.7. The van der Waals surface area contributed by atoms with Crippen LogP contribution >= 0.6 is 0 Å². The Balaban J connectivity index is 4.18. The van der Waals surface area contributed by atoms with Crippen LogP contribution in [0.2, 0.25) is 39.3 Å². The maximum atomic E-state index is 12.1. The van der Waals surface area contributed by atoms with Crippen LogP contribution in [0.1, 0.15) is 64.7 Å². The summed E-state index contributed by atoms with van der Waals surface area (Å²) in [4.78, 5) is 12.1. The van der Waals surface area contributed by atoms with Gasteiger partial charge in [-0.15, -0.1) is 0 Å². The zero-order valence-electron chi connectivity index (χ0n) is 16.7. The van der Waals surface area contributed by atoms with Crippen LogP contribution in [0.5, 0.6) is 0 Å². The van der Waals surface area contributed by atoms with Crippen LogP contribution in [0, 0.1) is 0 Å². The van der Waals surface area contributed by atoms with Crippen molar-refractivity contribution in [1.29, 1.82) is 0 Å². The predicted molar refractivity (Wildman–Crippen MR) is 105 cm³/mol. The van der Waals surface area contributed by atoms with Gasteiger partial charge >= 0.3 is 0 Å². The smallest absolute Gasteiger partial charge is 0.295 e. The Morgan fingerprint density at radius 3 is 1.83 bits per heavy atom. The molecule has 0 saturated heterocycles. The van der Waals surface area contributed by atoms with E-state index < -0.39 is 16.6 Å². The molecule has 1 atom stereocenters. The second-order valence-electron chi connectivity index (χ2n) is 8.55. The molecule has 0 heterocycles. The zero-order chi connectivity index (χ0) is 17.9. The molecule has 3 nitrogen and oxygen atoms in total. The SMILES string of the molecule is CCCCCCCCCC(CC(=O)O[Si](C)(C)C)O[Si](C)(C)C. The monoisotopic (exact) mass is 360 g/mol. The minimum Gasteiger partial charge on any atom is -0.520 e. The Labute approximate surface area is 146 Å². The second-order valence-corrected chi connectivity index (χ2v) is 17.4. The van der Waals surface area contributed by atoms with E-state index in [4.69, 9.17) is 8.85 Å². The van der Waals surface area contributed by atoms with E-state index in [1.807, 2.05) is 0 Å². The second kappa shape index (κ2) is 11.4. The van der Waals surface area contributed by atoms with Gasteiger partial charge in [-0.3, -0.25) is 4.79 Å². The molecule has 0 rings (SSSR count). The maximum absolute atomic E-state index is 12.1. The summed E-state index contributed by atoms with van der Waals surface area (Å²) in [6.45, 7) is 15.0. The lowest BCUT2D eigenvalue weighted by Crippen LogP contribution is -2.36. The Morgan fingerprint density at radius 1 is 0.826 bits per heavy atom. The number of hydrogen-bond donors (Lipinski definition) is 0.